The van der Waals surface area contributed by atoms with E-state index < -0.39 is 0 Å². The quantitative estimate of drug-likeness (QED) is 0.909. The normalized spacial score (nSPS) is 10.2. The standard InChI is InChI=1S/C16H19NO3/c1-17(13-7-5-8-14(10-13)19-2)11-12-6-4-9-15(20-3)16(12)18/h4-10,18H,11H2,1-3H3. The van der Waals surface area contributed by atoms with E-state index in [9.17, 15) is 5.11 Å². The number of hydrogen-bond acceptors (Lipinski definition) is 4. The summed E-state index contributed by atoms with van der Waals surface area (Å²) in [6, 6.07) is 13.3. The number of rotatable bonds is 5. The highest BCUT2D eigenvalue weighted by molar-refractivity contribution is 5.53. The first-order chi connectivity index (χ1) is 9.65. The first-order valence-corrected chi connectivity index (χ1v) is 6.35. The molecule has 0 atom stereocenters. The average Bonchev–Trinajstić information content (AvgIpc) is 2.49. The van der Waals surface area contributed by atoms with E-state index in [0.29, 0.717) is 12.3 Å². The zero-order valence-corrected chi connectivity index (χ0v) is 12.0. The van der Waals surface area contributed by atoms with Crippen molar-refractivity contribution < 1.29 is 14.6 Å². The molecule has 4 heteroatoms. The molecule has 0 aromatic heterocycles. The number of anilines is 1. The van der Waals surface area contributed by atoms with Gasteiger partial charge >= 0.3 is 0 Å². The fourth-order valence-corrected chi connectivity index (χ4v) is 2.05. The molecule has 1 N–H and O–H groups in total. The minimum atomic E-state index is 0.185. The van der Waals surface area contributed by atoms with Crippen molar-refractivity contribution in [3.05, 3.63) is 48.0 Å². The summed E-state index contributed by atoms with van der Waals surface area (Å²) >= 11 is 0. The third kappa shape index (κ3) is 2.96. The number of ether oxygens (including phenoxy) is 2. The van der Waals surface area contributed by atoms with Crippen LogP contribution in [0.15, 0.2) is 42.5 Å². The highest BCUT2D eigenvalue weighted by atomic mass is 16.5. The molecule has 4 nitrogen and oxygen atoms in total. The predicted octanol–water partition coefficient (Wildman–Crippen LogP) is 3.05. The number of aromatic hydroxyl groups is 1. The number of phenolic OH excluding ortho intramolecular Hbond substituents is 1. The van der Waals surface area contributed by atoms with Crippen LogP contribution in [-0.4, -0.2) is 26.4 Å². The highest BCUT2D eigenvalue weighted by Crippen LogP contribution is 2.31. The fraction of sp³-hybridized carbons (Fsp3) is 0.250. The second-order valence-corrected chi connectivity index (χ2v) is 4.53. The summed E-state index contributed by atoms with van der Waals surface area (Å²) in [4.78, 5) is 2.04. The number of nitrogens with zero attached hydrogens (tertiary/aromatic N) is 1. The number of hydrogen-bond donors (Lipinski definition) is 1. The molecule has 0 heterocycles. The van der Waals surface area contributed by atoms with Crippen molar-refractivity contribution in [1.29, 1.82) is 0 Å². The maximum atomic E-state index is 10.1. The molecule has 0 aliphatic rings. The zero-order chi connectivity index (χ0) is 14.5. The molecule has 20 heavy (non-hydrogen) atoms. The maximum absolute atomic E-state index is 10.1. The van der Waals surface area contributed by atoms with Crippen molar-refractivity contribution in [2.75, 3.05) is 26.2 Å². The highest BCUT2D eigenvalue weighted by Gasteiger charge is 2.10. The van der Waals surface area contributed by atoms with E-state index in [1.807, 2.05) is 48.3 Å². The molecule has 0 radical (unpaired) electrons. The summed E-state index contributed by atoms with van der Waals surface area (Å²) in [7, 11) is 5.16. The van der Waals surface area contributed by atoms with Crippen LogP contribution in [0.4, 0.5) is 5.69 Å². The van der Waals surface area contributed by atoms with Crippen molar-refractivity contribution >= 4 is 5.69 Å². The van der Waals surface area contributed by atoms with Gasteiger partial charge in [0.1, 0.15) is 5.75 Å². The molecule has 0 aliphatic heterocycles. The number of methoxy groups -OCH3 is 2. The largest absolute Gasteiger partial charge is 0.504 e. The van der Waals surface area contributed by atoms with Crippen LogP contribution in [0.3, 0.4) is 0 Å². The Bertz CT molecular complexity index is 584. The molecule has 0 amide bonds. The molecule has 0 spiro atoms. The van der Waals surface area contributed by atoms with Crippen LogP contribution in [0, 0.1) is 0 Å². The Morgan fingerprint density at radius 2 is 1.80 bits per heavy atom. The first kappa shape index (κ1) is 14.1. The number of benzene rings is 2. The fourth-order valence-electron chi connectivity index (χ4n) is 2.05. The van der Waals surface area contributed by atoms with Crippen LogP contribution in [0.1, 0.15) is 5.56 Å². The summed E-state index contributed by atoms with van der Waals surface area (Å²) in [6.45, 7) is 0.580. The zero-order valence-electron chi connectivity index (χ0n) is 12.0. The first-order valence-electron chi connectivity index (χ1n) is 6.35. The van der Waals surface area contributed by atoms with Gasteiger partial charge in [-0.25, -0.2) is 0 Å². The predicted molar refractivity (Wildman–Crippen MR) is 79.8 cm³/mol. The van der Waals surface area contributed by atoms with Crippen molar-refractivity contribution in [2.24, 2.45) is 0 Å². The van der Waals surface area contributed by atoms with Gasteiger partial charge in [-0.05, 0) is 18.2 Å². The Kier molecular flexibility index (Phi) is 4.35. The van der Waals surface area contributed by atoms with Crippen LogP contribution < -0.4 is 14.4 Å². The summed E-state index contributed by atoms with van der Waals surface area (Å²) in [5.74, 6) is 1.48. The van der Waals surface area contributed by atoms with Gasteiger partial charge in [0.2, 0.25) is 0 Å². The molecule has 0 aliphatic carbocycles. The monoisotopic (exact) mass is 273 g/mol. The van der Waals surface area contributed by atoms with E-state index in [1.165, 1.54) is 0 Å². The Hall–Kier alpha value is -2.36. The van der Waals surface area contributed by atoms with Crippen LogP contribution >= 0.6 is 0 Å². The summed E-state index contributed by atoms with van der Waals surface area (Å²) in [5.41, 5.74) is 1.83. The third-order valence-electron chi connectivity index (χ3n) is 3.20. The van der Waals surface area contributed by atoms with E-state index in [4.69, 9.17) is 9.47 Å². The Balaban J connectivity index is 2.21. The Morgan fingerprint density at radius 3 is 2.50 bits per heavy atom. The van der Waals surface area contributed by atoms with Crippen LogP contribution in [-0.2, 0) is 6.54 Å². The Morgan fingerprint density at radius 1 is 1.05 bits per heavy atom. The summed E-state index contributed by atoms with van der Waals surface area (Å²) in [6.07, 6.45) is 0. The second-order valence-electron chi connectivity index (χ2n) is 4.53. The van der Waals surface area contributed by atoms with Crippen molar-refractivity contribution in [3.63, 3.8) is 0 Å². The average molecular weight is 273 g/mol. The van der Waals surface area contributed by atoms with E-state index in [1.54, 1.807) is 20.3 Å². The SMILES string of the molecule is COc1cccc(N(C)Cc2cccc(OC)c2O)c1. The minimum absolute atomic E-state index is 0.185. The Labute approximate surface area is 119 Å². The summed E-state index contributed by atoms with van der Waals surface area (Å²) in [5, 5.41) is 10.1. The summed E-state index contributed by atoms with van der Waals surface area (Å²) < 4.78 is 10.3. The minimum Gasteiger partial charge on any atom is -0.504 e. The van der Waals surface area contributed by atoms with Crippen molar-refractivity contribution in [1.82, 2.24) is 0 Å². The maximum Gasteiger partial charge on any atom is 0.162 e. The lowest BCUT2D eigenvalue weighted by molar-refractivity contribution is 0.370. The molecule has 2 aromatic carbocycles. The van der Waals surface area contributed by atoms with Gasteiger partial charge in [0.05, 0.1) is 14.2 Å². The van der Waals surface area contributed by atoms with E-state index in [-0.39, 0.29) is 5.75 Å². The van der Waals surface area contributed by atoms with Gasteiger partial charge in [-0.2, -0.15) is 0 Å². The smallest absolute Gasteiger partial charge is 0.162 e. The van der Waals surface area contributed by atoms with Gasteiger partial charge in [0.25, 0.3) is 0 Å². The molecule has 0 saturated heterocycles. The lowest BCUT2D eigenvalue weighted by Crippen LogP contribution is -2.16. The van der Waals surface area contributed by atoms with Gasteiger partial charge in [-0.15, -0.1) is 0 Å². The van der Waals surface area contributed by atoms with Crippen molar-refractivity contribution in [2.45, 2.75) is 6.54 Å². The number of para-hydroxylation sites is 1. The van der Waals surface area contributed by atoms with Crippen LogP contribution in [0.2, 0.25) is 0 Å². The van der Waals surface area contributed by atoms with Crippen LogP contribution in [0.25, 0.3) is 0 Å². The van der Waals surface area contributed by atoms with Gasteiger partial charge in [0, 0.05) is 30.9 Å². The molecular formula is C16H19NO3. The molecule has 0 fully saturated rings. The third-order valence-corrected chi connectivity index (χ3v) is 3.20. The second kappa shape index (κ2) is 6.19. The van der Waals surface area contributed by atoms with Crippen LogP contribution in [0.5, 0.6) is 17.2 Å². The van der Waals surface area contributed by atoms with Crippen molar-refractivity contribution in [3.8, 4) is 17.2 Å². The van der Waals surface area contributed by atoms with Gasteiger partial charge in [-0.3, -0.25) is 0 Å². The molecular weight excluding hydrogens is 254 g/mol. The molecule has 0 unspecified atom stereocenters. The van der Waals surface area contributed by atoms with Gasteiger partial charge < -0.3 is 19.5 Å². The number of phenols is 1. The molecule has 0 saturated carbocycles. The van der Waals surface area contributed by atoms with Gasteiger partial charge in [0.15, 0.2) is 11.5 Å². The lowest BCUT2D eigenvalue weighted by atomic mass is 10.1. The molecule has 106 valence electrons. The molecule has 0 bridgehead atoms. The van der Waals surface area contributed by atoms with Gasteiger partial charge in [-0.1, -0.05) is 18.2 Å². The molecule has 2 rings (SSSR count). The van der Waals surface area contributed by atoms with E-state index >= 15 is 0 Å². The topological polar surface area (TPSA) is 41.9 Å². The lowest BCUT2D eigenvalue weighted by Gasteiger charge is -2.21. The molecule has 2 aromatic rings. The van der Waals surface area contributed by atoms with E-state index in [0.717, 1.165) is 17.0 Å². The van der Waals surface area contributed by atoms with E-state index in [2.05, 4.69) is 0 Å².